The second-order valence-corrected chi connectivity index (χ2v) is 9.27. The topological polar surface area (TPSA) is 65.4 Å². The van der Waals surface area contributed by atoms with E-state index in [0.29, 0.717) is 5.02 Å². The Morgan fingerprint density at radius 3 is 2.56 bits per heavy atom. The van der Waals surface area contributed by atoms with Crippen LogP contribution in [-0.2, 0) is 13.0 Å². The van der Waals surface area contributed by atoms with Crippen LogP contribution >= 0.6 is 11.6 Å². The third-order valence-electron chi connectivity index (χ3n) is 6.46. The quantitative estimate of drug-likeness (QED) is 0.642. The van der Waals surface area contributed by atoms with E-state index in [0.717, 1.165) is 85.2 Å². The summed E-state index contributed by atoms with van der Waals surface area (Å²) in [5.41, 5.74) is 6.46. The lowest BCUT2D eigenvalue weighted by atomic mass is 10.0. The molecular weight excluding hydrogens is 422 g/mol. The highest BCUT2D eigenvalue weighted by atomic mass is 35.5. The molecule has 5 heterocycles. The van der Waals surface area contributed by atoms with Gasteiger partial charge in [-0.3, -0.25) is 4.98 Å². The summed E-state index contributed by atoms with van der Waals surface area (Å²) in [4.78, 5) is 18.8. The van der Waals surface area contributed by atoms with Crippen molar-refractivity contribution in [3.05, 3.63) is 64.1 Å². The van der Waals surface area contributed by atoms with Crippen molar-refractivity contribution in [3.8, 4) is 11.3 Å². The maximum Gasteiger partial charge on any atom is 0.129 e. The van der Waals surface area contributed by atoms with Crippen molar-refractivity contribution in [1.29, 1.82) is 0 Å². The van der Waals surface area contributed by atoms with Crippen LogP contribution in [0.25, 0.3) is 11.3 Å². The van der Waals surface area contributed by atoms with E-state index >= 15 is 0 Å². The highest BCUT2D eigenvalue weighted by Gasteiger charge is 2.23. The lowest BCUT2D eigenvalue weighted by Gasteiger charge is -2.33. The molecule has 5 rings (SSSR count). The highest BCUT2D eigenvalue weighted by Crippen LogP contribution is 2.33. The first-order valence-electron chi connectivity index (χ1n) is 11.2. The van der Waals surface area contributed by atoms with Gasteiger partial charge in [0.2, 0.25) is 0 Å². The molecule has 0 bridgehead atoms. The molecule has 3 aromatic rings. The van der Waals surface area contributed by atoms with E-state index in [1.807, 2.05) is 13.1 Å². The minimum atomic E-state index is -0.173. The summed E-state index contributed by atoms with van der Waals surface area (Å²) < 4.78 is 0. The van der Waals surface area contributed by atoms with Crippen molar-refractivity contribution in [2.75, 3.05) is 29.4 Å². The summed E-state index contributed by atoms with van der Waals surface area (Å²) in [5.74, 6) is 1.93. The van der Waals surface area contributed by atoms with Crippen molar-refractivity contribution >= 4 is 23.2 Å². The van der Waals surface area contributed by atoms with E-state index < -0.39 is 0 Å². The average Bonchev–Trinajstić information content (AvgIpc) is 2.80. The minimum absolute atomic E-state index is 0.173. The van der Waals surface area contributed by atoms with Crippen molar-refractivity contribution in [3.63, 3.8) is 0 Å². The van der Waals surface area contributed by atoms with Gasteiger partial charge in [0.25, 0.3) is 0 Å². The van der Waals surface area contributed by atoms with E-state index in [9.17, 15) is 5.11 Å². The Morgan fingerprint density at radius 1 is 0.969 bits per heavy atom. The summed E-state index contributed by atoms with van der Waals surface area (Å²) in [6, 6.07) is 8.48. The van der Waals surface area contributed by atoms with Crippen molar-refractivity contribution in [2.24, 2.45) is 0 Å². The fraction of sp³-hybridized carbons (Fsp3) is 0.400. The second-order valence-electron chi connectivity index (χ2n) is 8.87. The molecule has 6 nitrogen and oxygen atoms in total. The Labute approximate surface area is 193 Å². The zero-order chi connectivity index (χ0) is 22.2. The molecule has 3 aromatic heterocycles. The van der Waals surface area contributed by atoms with Gasteiger partial charge in [0.15, 0.2) is 0 Å². The van der Waals surface area contributed by atoms with Gasteiger partial charge < -0.3 is 14.9 Å². The third-order valence-corrected chi connectivity index (χ3v) is 6.76. The Hall–Kier alpha value is -2.70. The van der Waals surface area contributed by atoms with Crippen molar-refractivity contribution in [2.45, 2.75) is 45.8 Å². The Morgan fingerprint density at radius 2 is 1.78 bits per heavy atom. The van der Waals surface area contributed by atoms with Gasteiger partial charge in [0.1, 0.15) is 11.6 Å². The number of anilines is 2. The lowest BCUT2D eigenvalue weighted by molar-refractivity contribution is 0.145. The fourth-order valence-electron chi connectivity index (χ4n) is 4.65. The van der Waals surface area contributed by atoms with Crippen LogP contribution < -0.4 is 9.80 Å². The number of aryl methyl sites for hydroxylation is 2. The van der Waals surface area contributed by atoms with Crippen LogP contribution in [0.2, 0.25) is 5.02 Å². The molecule has 1 N–H and O–H groups in total. The van der Waals surface area contributed by atoms with Crippen LogP contribution in [0.5, 0.6) is 0 Å². The first kappa shape index (κ1) is 21.2. The maximum atomic E-state index is 9.77. The number of aliphatic hydroxyl groups excluding tert-OH is 1. The normalized spacial score (nSPS) is 16.9. The molecule has 0 amide bonds. The molecule has 0 atom stereocenters. The van der Waals surface area contributed by atoms with E-state index in [-0.39, 0.29) is 6.10 Å². The molecule has 32 heavy (non-hydrogen) atoms. The summed E-state index contributed by atoms with van der Waals surface area (Å²) in [7, 11) is 0. The molecule has 1 saturated heterocycles. The van der Waals surface area contributed by atoms with E-state index in [2.05, 4.69) is 51.0 Å². The third kappa shape index (κ3) is 4.17. The average molecular weight is 450 g/mol. The number of fused-ring (bicyclic) bond motifs is 1. The van der Waals surface area contributed by atoms with Crippen LogP contribution in [-0.4, -0.2) is 45.8 Å². The minimum Gasteiger partial charge on any atom is -0.393 e. The van der Waals surface area contributed by atoms with Crippen molar-refractivity contribution in [1.82, 2.24) is 15.0 Å². The Kier molecular flexibility index (Phi) is 5.74. The van der Waals surface area contributed by atoms with Crippen LogP contribution in [0.4, 0.5) is 11.6 Å². The molecule has 1 fully saturated rings. The van der Waals surface area contributed by atoms with Gasteiger partial charge in [-0.25, -0.2) is 9.97 Å². The predicted molar refractivity (Wildman–Crippen MR) is 128 cm³/mol. The standard InChI is InChI=1S/C25H28ClN5O/c1-16-11-17(2)25(28-13-16)20-12-24(27-14-21(20)26)31-10-7-22-18(15-31)3-4-23(29-22)30-8-5-19(32)6-9-30/h3-4,11-14,19,32H,5-10,15H2,1-2H3. The zero-order valence-corrected chi connectivity index (χ0v) is 19.3. The van der Waals surface area contributed by atoms with Crippen LogP contribution in [0.3, 0.4) is 0 Å². The monoisotopic (exact) mass is 449 g/mol. The molecule has 166 valence electrons. The van der Waals surface area contributed by atoms with Gasteiger partial charge in [-0.05, 0) is 55.5 Å². The second kappa shape index (κ2) is 8.68. The molecule has 2 aliphatic rings. The number of hydrogen-bond acceptors (Lipinski definition) is 6. The van der Waals surface area contributed by atoms with E-state index in [1.165, 1.54) is 5.56 Å². The summed E-state index contributed by atoms with van der Waals surface area (Å²) in [6.07, 6.45) is 5.94. The van der Waals surface area contributed by atoms with Crippen molar-refractivity contribution < 1.29 is 5.11 Å². The van der Waals surface area contributed by atoms with Crippen LogP contribution in [0.1, 0.15) is 35.2 Å². The molecule has 7 heteroatoms. The maximum absolute atomic E-state index is 9.77. The van der Waals surface area contributed by atoms with Gasteiger partial charge in [0, 0.05) is 56.3 Å². The van der Waals surface area contributed by atoms with Crippen LogP contribution in [0, 0.1) is 13.8 Å². The molecule has 2 aliphatic heterocycles. The number of pyridine rings is 3. The molecule has 0 radical (unpaired) electrons. The molecule has 0 aromatic carbocycles. The molecule has 0 aliphatic carbocycles. The summed E-state index contributed by atoms with van der Waals surface area (Å²) in [6.45, 7) is 7.47. The molecular formula is C25H28ClN5O. The van der Waals surface area contributed by atoms with Gasteiger partial charge in [0.05, 0.1) is 16.8 Å². The Bertz CT molecular complexity index is 1140. The highest BCUT2D eigenvalue weighted by molar-refractivity contribution is 6.33. The summed E-state index contributed by atoms with van der Waals surface area (Å²) >= 11 is 6.51. The number of halogens is 1. The number of piperidine rings is 1. The first-order chi connectivity index (χ1) is 15.5. The number of rotatable bonds is 3. The largest absolute Gasteiger partial charge is 0.393 e. The van der Waals surface area contributed by atoms with Gasteiger partial charge in [-0.15, -0.1) is 0 Å². The first-order valence-corrected chi connectivity index (χ1v) is 11.6. The van der Waals surface area contributed by atoms with Gasteiger partial charge in [-0.1, -0.05) is 23.7 Å². The lowest BCUT2D eigenvalue weighted by Crippen LogP contribution is -2.37. The van der Waals surface area contributed by atoms with E-state index in [4.69, 9.17) is 16.6 Å². The number of aliphatic hydroxyl groups is 1. The molecule has 0 saturated carbocycles. The number of aromatic nitrogens is 3. The van der Waals surface area contributed by atoms with Gasteiger partial charge >= 0.3 is 0 Å². The summed E-state index contributed by atoms with van der Waals surface area (Å²) in [5, 5.41) is 10.4. The predicted octanol–water partition coefficient (Wildman–Crippen LogP) is 4.33. The molecule has 0 unspecified atom stereocenters. The fourth-order valence-corrected chi connectivity index (χ4v) is 4.84. The number of hydrogen-bond donors (Lipinski definition) is 1. The smallest absolute Gasteiger partial charge is 0.129 e. The number of nitrogens with zero attached hydrogens (tertiary/aromatic N) is 5. The zero-order valence-electron chi connectivity index (χ0n) is 18.6. The van der Waals surface area contributed by atoms with Gasteiger partial charge in [-0.2, -0.15) is 0 Å². The van der Waals surface area contributed by atoms with E-state index in [1.54, 1.807) is 6.20 Å². The Balaban J connectivity index is 1.38. The van der Waals surface area contributed by atoms with Crippen LogP contribution in [0.15, 0.2) is 36.7 Å². The SMILES string of the molecule is Cc1cnc(-c2cc(N3CCc4nc(N5CCC(O)CC5)ccc4C3)ncc2Cl)c(C)c1. The molecule has 0 spiro atoms.